The van der Waals surface area contributed by atoms with Crippen LogP contribution in [0.15, 0.2) is 73.1 Å². The van der Waals surface area contributed by atoms with Crippen LogP contribution in [-0.2, 0) is 9.53 Å². The van der Waals surface area contributed by atoms with Crippen molar-refractivity contribution >= 4 is 11.8 Å². The summed E-state index contributed by atoms with van der Waals surface area (Å²) in [4.78, 5) is 22.0. The third-order valence-corrected chi connectivity index (χ3v) is 5.77. The first kappa shape index (κ1) is 21.9. The molecule has 166 valence electrons. The van der Waals surface area contributed by atoms with Crippen LogP contribution in [0.25, 0.3) is 0 Å². The zero-order valence-electron chi connectivity index (χ0n) is 17.7. The summed E-state index contributed by atoms with van der Waals surface area (Å²) < 4.78 is 20.0. The number of ether oxygens (including phenoxy) is 1. The summed E-state index contributed by atoms with van der Waals surface area (Å²) in [6.45, 7) is 0.241. The number of anilines is 1. The normalized spacial score (nSPS) is 15.6. The van der Waals surface area contributed by atoms with Crippen LogP contribution in [0.1, 0.15) is 35.6 Å². The Balaban J connectivity index is 1.52. The van der Waals surface area contributed by atoms with Crippen molar-refractivity contribution in [2.24, 2.45) is 0 Å². The average Bonchev–Trinajstić information content (AvgIpc) is 2.81. The highest BCUT2D eigenvalue weighted by atomic mass is 19.1. The van der Waals surface area contributed by atoms with E-state index in [-0.39, 0.29) is 25.4 Å². The molecule has 0 atom stereocenters. The molecule has 1 aliphatic heterocycles. The number of halogens is 1. The van der Waals surface area contributed by atoms with Crippen LogP contribution in [0.3, 0.4) is 0 Å². The molecule has 4 rings (SSSR count). The monoisotopic (exact) mass is 435 g/mol. The number of nitrogens with zero attached hydrogens (tertiary/aromatic N) is 3. The summed E-state index contributed by atoms with van der Waals surface area (Å²) in [6, 6.07) is 20.4. The SMILES string of the molecule is O=C(O)COCC1(F)CCN(c2cncc(C(c3ccccc3)c3ccccc3)n2)CC1. The second-order valence-electron chi connectivity index (χ2n) is 8.08. The molecule has 0 bridgehead atoms. The minimum atomic E-state index is -1.52. The lowest BCUT2D eigenvalue weighted by molar-refractivity contribution is -0.144. The molecule has 1 fully saturated rings. The van der Waals surface area contributed by atoms with Gasteiger partial charge in [0.05, 0.1) is 24.4 Å². The van der Waals surface area contributed by atoms with Gasteiger partial charge < -0.3 is 14.7 Å². The summed E-state index contributed by atoms with van der Waals surface area (Å²) in [5, 5.41) is 8.68. The van der Waals surface area contributed by atoms with Crippen LogP contribution >= 0.6 is 0 Å². The Morgan fingerprint density at radius 3 is 2.19 bits per heavy atom. The van der Waals surface area contributed by atoms with Gasteiger partial charge in [-0.3, -0.25) is 4.98 Å². The summed E-state index contributed by atoms with van der Waals surface area (Å²) in [7, 11) is 0. The van der Waals surface area contributed by atoms with Crippen molar-refractivity contribution in [1.82, 2.24) is 9.97 Å². The molecule has 6 nitrogen and oxygen atoms in total. The van der Waals surface area contributed by atoms with Crippen molar-refractivity contribution in [3.05, 3.63) is 89.9 Å². The van der Waals surface area contributed by atoms with Gasteiger partial charge >= 0.3 is 5.97 Å². The third-order valence-electron chi connectivity index (χ3n) is 5.77. The first-order valence-corrected chi connectivity index (χ1v) is 10.7. The van der Waals surface area contributed by atoms with E-state index in [1.807, 2.05) is 41.3 Å². The maximum absolute atomic E-state index is 15.0. The quantitative estimate of drug-likeness (QED) is 0.575. The van der Waals surface area contributed by atoms with E-state index in [0.717, 1.165) is 16.8 Å². The van der Waals surface area contributed by atoms with Gasteiger partial charge in [0, 0.05) is 32.1 Å². The van der Waals surface area contributed by atoms with E-state index < -0.39 is 18.2 Å². The molecule has 1 N–H and O–H groups in total. The zero-order chi connectivity index (χ0) is 22.4. The summed E-state index contributed by atoms with van der Waals surface area (Å²) in [5.74, 6) is -0.434. The van der Waals surface area contributed by atoms with E-state index in [0.29, 0.717) is 18.9 Å². The van der Waals surface area contributed by atoms with Gasteiger partial charge in [0.1, 0.15) is 18.1 Å². The molecular formula is C25H26FN3O3. The Labute approximate surface area is 186 Å². The van der Waals surface area contributed by atoms with Gasteiger partial charge in [-0.2, -0.15) is 0 Å². The molecule has 3 aromatic rings. The van der Waals surface area contributed by atoms with Gasteiger partial charge in [0.2, 0.25) is 0 Å². The topological polar surface area (TPSA) is 75.6 Å². The standard InChI is InChI=1S/C25H26FN3O3/c26-25(18-32-17-23(30)31)11-13-29(14-12-25)22-16-27-15-21(28-22)24(19-7-3-1-4-8-19)20-9-5-2-6-10-20/h1-10,15-16,24H,11-14,17-18H2,(H,30,31). The number of aliphatic carboxylic acids is 1. The van der Waals surface area contributed by atoms with Crippen molar-refractivity contribution in [3.8, 4) is 0 Å². The maximum atomic E-state index is 15.0. The number of hydrogen-bond acceptors (Lipinski definition) is 5. The maximum Gasteiger partial charge on any atom is 0.329 e. The number of rotatable bonds is 8. The summed E-state index contributed by atoms with van der Waals surface area (Å²) >= 11 is 0. The van der Waals surface area contributed by atoms with Gasteiger partial charge in [-0.25, -0.2) is 14.2 Å². The second kappa shape index (κ2) is 9.87. The van der Waals surface area contributed by atoms with Crippen molar-refractivity contribution in [1.29, 1.82) is 0 Å². The number of aromatic nitrogens is 2. The highest BCUT2D eigenvalue weighted by Gasteiger charge is 2.35. The highest BCUT2D eigenvalue weighted by Crippen LogP contribution is 2.33. The number of carboxylic acids is 1. The molecule has 1 aliphatic rings. The Morgan fingerprint density at radius 2 is 1.62 bits per heavy atom. The van der Waals surface area contributed by atoms with Crippen LogP contribution in [-0.4, -0.2) is 53.0 Å². The predicted octanol–water partition coefficient (Wildman–Crippen LogP) is 4.07. The zero-order valence-corrected chi connectivity index (χ0v) is 17.7. The van der Waals surface area contributed by atoms with Crippen molar-refractivity contribution in [3.63, 3.8) is 0 Å². The fourth-order valence-electron chi connectivity index (χ4n) is 4.09. The predicted molar refractivity (Wildman–Crippen MR) is 120 cm³/mol. The lowest BCUT2D eigenvalue weighted by Crippen LogP contribution is -2.45. The molecule has 0 aliphatic carbocycles. The third kappa shape index (κ3) is 5.29. The first-order chi connectivity index (χ1) is 15.5. The highest BCUT2D eigenvalue weighted by molar-refractivity contribution is 5.68. The van der Waals surface area contributed by atoms with Gasteiger partial charge in [0.25, 0.3) is 0 Å². The first-order valence-electron chi connectivity index (χ1n) is 10.7. The van der Waals surface area contributed by atoms with Crippen LogP contribution < -0.4 is 4.90 Å². The summed E-state index contributed by atoms with van der Waals surface area (Å²) in [6.07, 6.45) is 4.00. The molecule has 1 saturated heterocycles. The number of piperidine rings is 1. The van der Waals surface area contributed by atoms with Crippen molar-refractivity contribution in [2.45, 2.75) is 24.4 Å². The van der Waals surface area contributed by atoms with Crippen molar-refractivity contribution in [2.75, 3.05) is 31.2 Å². The van der Waals surface area contributed by atoms with Crippen LogP contribution in [0.5, 0.6) is 0 Å². The molecule has 2 aromatic carbocycles. The molecule has 1 aromatic heterocycles. The fourth-order valence-corrected chi connectivity index (χ4v) is 4.09. The minimum absolute atomic E-state index is 0.0562. The molecule has 0 saturated carbocycles. The molecule has 7 heteroatoms. The molecule has 0 amide bonds. The minimum Gasteiger partial charge on any atom is -0.480 e. The van der Waals surface area contributed by atoms with Crippen molar-refractivity contribution < 1.29 is 19.0 Å². The molecule has 0 radical (unpaired) electrons. The van der Waals surface area contributed by atoms with E-state index >= 15 is 0 Å². The Bertz CT molecular complexity index is 985. The van der Waals surface area contributed by atoms with E-state index in [9.17, 15) is 9.18 Å². The lowest BCUT2D eigenvalue weighted by Gasteiger charge is -2.36. The Kier molecular flexibility index (Phi) is 6.75. The van der Waals surface area contributed by atoms with E-state index in [4.69, 9.17) is 14.8 Å². The van der Waals surface area contributed by atoms with E-state index in [1.165, 1.54) is 0 Å². The molecule has 32 heavy (non-hydrogen) atoms. The number of alkyl halides is 1. The lowest BCUT2D eigenvalue weighted by atomic mass is 9.89. The molecule has 0 unspecified atom stereocenters. The van der Waals surface area contributed by atoms with Gasteiger partial charge in [-0.15, -0.1) is 0 Å². The van der Waals surface area contributed by atoms with E-state index in [1.54, 1.807) is 12.4 Å². The number of carbonyl (C=O) groups is 1. The molecule has 0 spiro atoms. The van der Waals surface area contributed by atoms with Gasteiger partial charge in [-0.1, -0.05) is 60.7 Å². The smallest absolute Gasteiger partial charge is 0.329 e. The van der Waals surface area contributed by atoms with Crippen LogP contribution in [0, 0.1) is 0 Å². The summed E-state index contributed by atoms with van der Waals surface area (Å²) in [5.41, 5.74) is 1.57. The van der Waals surface area contributed by atoms with Gasteiger partial charge in [0.15, 0.2) is 0 Å². The number of carboxylic acid groups (broad SMARTS) is 1. The molecule has 2 heterocycles. The fraction of sp³-hybridized carbons (Fsp3) is 0.320. The Hall–Kier alpha value is -3.32. The van der Waals surface area contributed by atoms with Crippen LogP contribution in [0.4, 0.5) is 10.2 Å². The van der Waals surface area contributed by atoms with Crippen LogP contribution in [0.2, 0.25) is 0 Å². The molecular weight excluding hydrogens is 409 g/mol. The van der Waals surface area contributed by atoms with E-state index in [2.05, 4.69) is 29.2 Å². The van der Waals surface area contributed by atoms with Gasteiger partial charge in [-0.05, 0) is 11.1 Å². The number of benzene rings is 2. The second-order valence-corrected chi connectivity index (χ2v) is 8.08. The average molecular weight is 435 g/mol. The Morgan fingerprint density at radius 1 is 1.03 bits per heavy atom. The largest absolute Gasteiger partial charge is 0.480 e. The number of hydrogen-bond donors (Lipinski definition) is 1.